The third-order valence-electron chi connectivity index (χ3n) is 6.74. The molecule has 4 rings (SSSR count). The standard InChI is InChI=1S/C26H30O4/c1-4-23(25(28)30-26-11-9-18(15-26)10-12-26)22-8-7-20-13-19(5-6-21(20)14-22)16-29-24(27)17(2)3/h5-8,13-14,18,23H,2,4,9-12,15-16H2,1,3H3. The summed E-state index contributed by atoms with van der Waals surface area (Å²) < 4.78 is 11.3. The monoisotopic (exact) mass is 406 g/mol. The van der Waals surface area contributed by atoms with E-state index in [4.69, 9.17) is 9.47 Å². The van der Waals surface area contributed by atoms with Crippen LogP contribution in [0.3, 0.4) is 0 Å². The van der Waals surface area contributed by atoms with Crippen LogP contribution in [0, 0.1) is 5.92 Å². The molecule has 4 heteroatoms. The lowest BCUT2D eigenvalue weighted by atomic mass is 9.92. The molecular weight excluding hydrogens is 376 g/mol. The summed E-state index contributed by atoms with van der Waals surface area (Å²) in [6, 6.07) is 12.1. The summed E-state index contributed by atoms with van der Waals surface area (Å²) in [5, 5.41) is 2.12. The molecule has 2 bridgehead atoms. The first-order valence-electron chi connectivity index (χ1n) is 11.0. The molecule has 0 amide bonds. The molecule has 0 radical (unpaired) electrons. The summed E-state index contributed by atoms with van der Waals surface area (Å²) in [4.78, 5) is 24.6. The van der Waals surface area contributed by atoms with Gasteiger partial charge in [-0.3, -0.25) is 4.79 Å². The van der Waals surface area contributed by atoms with Crippen molar-refractivity contribution in [3.05, 3.63) is 59.7 Å². The molecule has 2 aromatic carbocycles. The van der Waals surface area contributed by atoms with Crippen LogP contribution in [-0.4, -0.2) is 17.5 Å². The molecule has 2 aliphatic rings. The van der Waals surface area contributed by atoms with Crippen molar-refractivity contribution >= 4 is 22.7 Å². The Hall–Kier alpha value is -2.62. The van der Waals surface area contributed by atoms with Crippen LogP contribution in [-0.2, 0) is 25.7 Å². The van der Waals surface area contributed by atoms with Crippen LogP contribution in [0.25, 0.3) is 10.8 Å². The molecule has 0 heterocycles. The molecule has 2 saturated carbocycles. The van der Waals surface area contributed by atoms with Gasteiger partial charge in [0.2, 0.25) is 0 Å². The van der Waals surface area contributed by atoms with Gasteiger partial charge in [-0.1, -0.05) is 43.8 Å². The predicted octanol–water partition coefficient (Wildman–Crippen LogP) is 5.83. The van der Waals surface area contributed by atoms with Crippen LogP contribution in [0.4, 0.5) is 0 Å². The van der Waals surface area contributed by atoms with Crippen LogP contribution in [0.15, 0.2) is 48.6 Å². The maximum absolute atomic E-state index is 13.0. The molecule has 1 atom stereocenters. The Bertz CT molecular complexity index is 982. The van der Waals surface area contributed by atoms with Crippen molar-refractivity contribution in [2.75, 3.05) is 0 Å². The van der Waals surface area contributed by atoms with Crippen molar-refractivity contribution in [2.24, 2.45) is 5.92 Å². The fourth-order valence-corrected chi connectivity index (χ4v) is 5.00. The van der Waals surface area contributed by atoms with Crippen molar-refractivity contribution in [1.82, 2.24) is 0 Å². The second-order valence-electron chi connectivity index (χ2n) is 9.01. The van der Waals surface area contributed by atoms with E-state index in [1.54, 1.807) is 6.92 Å². The van der Waals surface area contributed by atoms with Gasteiger partial charge in [0.05, 0.1) is 5.92 Å². The number of rotatable bonds is 7. The summed E-state index contributed by atoms with van der Waals surface area (Å²) in [6.45, 7) is 7.49. The lowest BCUT2D eigenvalue weighted by Crippen LogP contribution is -2.32. The number of benzene rings is 2. The Morgan fingerprint density at radius 2 is 1.83 bits per heavy atom. The van der Waals surface area contributed by atoms with Crippen molar-refractivity contribution in [1.29, 1.82) is 0 Å². The van der Waals surface area contributed by atoms with E-state index in [0.29, 0.717) is 5.57 Å². The van der Waals surface area contributed by atoms with E-state index in [-0.39, 0.29) is 30.1 Å². The summed E-state index contributed by atoms with van der Waals surface area (Å²) >= 11 is 0. The number of carbonyl (C=O) groups excluding carboxylic acids is 2. The first kappa shape index (κ1) is 20.6. The Balaban J connectivity index is 1.48. The third kappa shape index (κ3) is 4.14. The molecule has 0 spiro atoms. The highest BCUT2D eigenvalue weighted by Crippen LogP contribution is 2.50. The highest BCUT2D eigenvalue weighted by Gasteiger charge is 2.48. The topological polar surface area (TPSA) is 52.6 Å². The van der Waals surface area contributed by atoms with E-state index in [0.717, 1.165) is 53.5 Å². The molecule has 158 valence electrons. The minimum atomic E-state index is -0.384. The van der Waals surface area contributed by atoms with Gasteiger partial charge in [-0.2, -0.15) is 0 Å². The molecule has 2 aromatic rings. The van der Waals surface area contributed by atoms with Gasteiger partial charge in [0.15, 0.2) is 0 Å². The van der Waals surface area contributed by atoms with Gasteiger partial charge in [0.1, 0.15) is 12.2 Å². The van der Waals surface area contributed by atoms with Gasteiger partial charge >= 0.3 is 11.9 Å². The molecule has 4 nitrogen and oxygen atoms in total. The highest BCUT2D eigenvalue weighted by molar-refractivity contribution is 5.88. The quantitative estimate of drug-likeness (QED) is 0.429. The average molecular weight is 407 g/mol. The Morgan fingerprint density at radius 3 is 2.47 bits per heavy atom. The van der Waals surface area contributed by atoms with Gasteiger partial charge < -0.3 is 9.47 Å². The first-order chi connectivity index (χ1) is 14.4. The Morgan fingerprint density at radius 1 is 1.13 bits per heavy atom. The van der Waals surface area contributed by atoms with Crippen molar-refractivity contribution in [3.8, 4) is 0 Å². The van der Waals surface area contributed by atoms with Crippen LogP contribution >= 0.6 is 0 Å². The number of hydrogen-bond donors (Lipinski definition) is 0. The maximum Gasteiger partial charge on any atom is 0.333 e. The van der Waals surface area contributed by atoms with Gasteiger partial charge in [0, 0.05) is 5.57 Å². The third-order valence-corrected chi connectivity index (χ3v) is 6.74. The van der Waals surface area contributed by atoms with E-state index in [1.807, 2.05) is 37.3 Å². The van der Waals surface area contributed by atoms with E-state index < -0.39 is 0 Å². The van der Waals surface area contributed by atoms with E-state index in [9.17, 15) is 9.59 Å². The van der Waals surface area contributed by atoms with Gasteiger partial charge in [-0.15, -0.1) is 0 Å². The first-order valence-corrected chi connectivity index (χ1v) is 11.0. The summed E-state index contributed by atoms with van der Waals surface area (Å²) in [5.41, 5.74) is 2.12. The molecular formula is C26H30O4. The molecule has 30 heavy (non-hydrogen) atoms. The highest BCUT2D eigenvalue weighted by atomic mass is 16.6. The average Bonchev–Trinajstić information content (AvgIpc) is 3.32. The Kier molecular flexibility index (Phi) is 5.68. The zero-order chi connectivity index (χ0) is 21.3. The minimum Gasteiger partial charge on any atom is -0.459 e. The zero-order valence-corrected chi connectivity index (χ0v) is 17.9. The molecule has 2 aliphatic carbocycles. The number of ether oxygens (including phenoxy) is 2. The van der Waals surface area contributed by atoms with Crippen LogP contribution in [0.5, 0.6) is 0 Å². The fourth-order valence-electron chi connectivity index (χ4n) is 5.00. The molecule has 0 saturated heterocycles. The van der Waals surface area contributed by atoms with E-state index in [2.05, 4.69) is 12.6 Å². The van der Waals surface area contributed by atoms with Gasteiger partial charge in [-0.05, 0) is 79.3 Å². The predicted molar refractivity (Wildman–Crippen MR) is 117 cm³/mol. The fraction of sp³-hybridized carbons (Fsp3) is 0.462. The summed E-state index contributed by atoms with van der Waals surface area (Å²) in [5.74, 6) is 0.0508. The second-order valence-corrected chi connectivity index (χ2v) is 9.01. The zero-order valence-electron chi connectivity index (χ0n) is 17.9. The maximum atomic E-state index is 13.0. The minimum absolute atomic E-state index is 0.0808. The van der Waals surface area contributed by atoms with Gasteiger partial charge in [0.25, 0.3) is 0 Å². The summed E-state index contributed by atoms with van der Waals surface area (Å²) in [7, 11) is 0. The van der Waals surface area contributed by atoms with Crippen LogP contribution in [0.1, 0.15) is 69.4 Å². The molecule has 0 N–H and O–H groups in total. The molecule has 1 unspecified atom stereocenters. The van der Waals surface area contributed by atoms with Crippen LogP contribution in [0.2, 0.25) is 0 Å². The number of hydrogen-bond acceptors (Lipinski definition) is 4. The molecule has 2 fully saturated rings. The molecule has 0 aromatic heterocycles. The second kappa shape index (κ2) is 8.25. The number of fused-ring (bicyclic) bond motifs is 3. The normalized spacial score (nSPS) is 23.3. The lowest BCUT2D eigenvalue weighted by molar-refractivity contribution is -0.161. The lowest BCUT2D eigenvalue weighted by Gasteiger charge is -2.29. The van der Waals surface area contributed by atoms with Crippen molar-refractivity contribution in [2.45, 2.75) is 70.5 Å². The summed E-state index contributed by atoms with van der Waals surface area (Å²) in [6.07, 6.45) is 6.21. The smallest absolute Gasteiger partial charge is 0.333 e. The van der Waals surface area contributed by atoms with E-state index >= 15 is 0 Å². The van der Waals surface area contributed by atoms with E-state index in [1.165, 1.54) is 12.8 Å². The SMILES string of the molecule is C=C(C)C(=O)OCc1ccc2cc(C(CC)C(=O)OC34CCC(CC3)C4)ccc2c1. The van der Waals surface area contributed by atoms with Crippen molar-refractivity contribution < 1.29 is 19.1 Å². The van der Waals surface area contributed by atoms with Gasteiger partial charge in [-0.25, -0.2) is 4.79 Å². The number of carbonyl (C=O) groups is 2. The largest absolute Gasteiger partial charge is 0.459 e. The van der Waals surface area contributed by atoms with Crippen molar-refractivity contribution in [3.63, 3.8) is 0 Å². The van der Waals surface area contributed by atoms with Crippen LogP contribution < -0.4 is 0 Å². The molecule has 0 aliphatic heterocycles. The Labute approximate surface area is 178 Å². The number of esters is 2.